The van der Waals surface area contributed by atoms with E-state index in [0.29, 0.717) is 19.5 Å². The van der Waals surface area contributed by atoms with Crippen molar-refractivity contribution in [2.75, 3.05) is 30.9 Å². The van der Waals surface area contributed by atoms with Gasteiger partial charge in [-0.1, -0.05) is 0 Å². The minimum atomic E-state index is -3.09. The van der Waals surface area contributed by atoms with Crippen LogP contribution in [-0.4, -0.2) is 64.1 Å². The van der Waals surface area contributed by atoms with Crippen molar-refractivity contribution in [2.24, 2.45) is 0 Å². The Labute approximate surface area is 109 Å². The van der Waals surface area contributed by atoms with Crippen LogP contribution in [0.3, 0.4) is 0 Å². The van der Waals surface area contributed by atoms with E-state index in [4.69, 9.17) is 0 Å². The summed E-state index contributed by atoms with van der Waals surface area (Å²) in [5.74, 6) is 0.492. The molecular weight excluding hydrogens is 276 g/mol. The van der Waals surface area contributed by atoms with E-state index in [0.717, 1.165) is 12.8 Å². The zero-order valence-electron chi connectivity index (χ0n) is 10.5. The highest BCUT2D eigenvalue weighted by molar-refractivity contribution is 7.91. The molecule has 2 aliphatic heterocycles. The van der Waals surface area contributed by atoms with Crippen molar-refractivity contribution >= 4 is 19.9 Å². The van der Waals surface area contributed by atoms with Crippen molar-refractivity contribution in [1.29, 1.82) is 0 Å². The first-order valence-corrected chi connectivity index (χ1v) is 9.85. The second-order valence-electron chi connectivity index (χ2n) is 5.20. The molecular formula is C10H20N2O4S2. The first-order valence-electron chi connectivity index (χ1n) is 6.18. The molecule has 2 rings (SSSR count). The standard InChI is InChI=1S/C10H20N2O4S2/c1-17(13,14)12-5-2-9(3-6-12)11-10-4-7-18(15,16)8-10/h9-11H,2-8H2,1H3. The first kappa shape index (κ1) is 14.2. The van der Waals surface area contributed by atoms with Gasteiger partial charge in [0, 0.05) is 25.2 Å². The Morgan fingerprint density at radius 2 is 1.72 bits per heavy atom. The lowest BCUT2D eigenvalue weighted by Gasteiger charge is -2.32. The number of nitrogens with zero attached hydrogens (tertiary/aromatic N) is 1. The molecule has 1 atom stereocenters. The molecule has 0 aromatic rings. The van der Waals surface area contributed by atoms with E-state index in [1.54, 1.807) is 0 Å². The highest BCUT2D eigenvalue weighted by atomic mass is 32.2. The maximum absolute atomic E-state index is 11.3. The van der Waals surface area contributed by atoms with Crippen LogP contribution >= 0.6 is 0 Å². The van der Waals surface area contributed by atoms with Gasteiger partial charge in [0.1, 0.15) is 0 Å². The topological polar surface area (TPSA) is 83.6 Å². The maximum atomic E-state index is 11.3. The molecule has 0 spiro atoms. The third kappa shape index (κ3) is 3.66. The first-order chi connectivity index (χ1) is 8.26. The van der Waals surface area contributed by atoms with E-state index in [2.05, 4.69) is 5.32 Å². The third-order valence-corrected chi connectivity index (χ3v) is 6.70. The van der Waals surface area contributed by atoms with Gasteiger partial charge in [0.25, 0.3) is 0 Å². The number of piperidine rings is 1. The summed E-state index contributed by atoms with van der Waals surface area (Å²) in [5, 5.41) is 3.34. The smallest absolute Gasteiger partial charge is 0.211 e. The molecule has 0 radical (unpaired) electrons. The van der Waals surface area contributed by atoms with Crippen molar-refractivity contribution in [1.82, 2.24) is 9.62 Å². The lowest BCUT2D eigenvalue weighted by molar-refractivity contribution is 0.278. The zero-order chi connectivity index (χ0) is 13.4. The molecule has 0 bridgehead atoms. The molecule has 8 heteroatoms. The Hall–Kier alpha value is -0.180. The summed E-state index contributed by atoms with van der Waals surface area (Å²) in [5.41, 5.74) is 0. The number of hydrogen-bond donors (Lipinski definition) is 1. The summed E-state index contributed by atoms with van der Waals surface area (Å²) in [6.45, 7) is 1.05. The molecule has 0 aromatic heterocycles. The monoisotopic (exact) mass is 296 g/mol. The SMILES string of the molecule is CS(=O)(=O)N1CCC(NC2CCS(=O)(=O)C2)CC1. The Kier molecular flexibility index (Phi) is 4.01. The summed E-state index contributed by atoms with van der Waals surface area (Å²) in [4.78, 5) is 0. The average molecular weight is 296 g/mol. The minimum absolute atomic E-state index is 0.0461. The third-order valence-electron chi connectivity index (χ3n) is 3.63. The van der Waals surface area contributed by atoms with Crippen molar-refractivity contribution in [2.45, 2.75) is 31.3 Å². The van der Waals surface area contributed by atoms with Gasteiger partial charge in [-0.25, -0.2) is 21.1 Å². The van der Waals surface area contributed by atoms with E-state index in [9.17, 15) is 16.8 Å². The van der Waals surface area contributed by atoms with Gasteiger partial charge < -0.3 is 5.32 Å². The van der Waals surface area contributed by atoms with Crippen LogP contribution < -0.4 is 5.32 Å². The second-order valence-corrected chi connectivity index (χ2v) is 9.41. The molecule has 2 fully saturated rings. The molecule has 0 amide bonds. The van der Waals surface area contributed by atoms with Gasteiger partial charge in [0.15, 0.2) is 9.84 Å². The molecule has 18 heavy (non-hydrogen) atoms. The fraction of sp³-hybridized carbons (Fsp3) is 1.00. The largest absolute Gasteiger partial charge is 0.310 e. The minimum Gasteiger partial charge on any atom is -0.310 e. The van der Waals surface area contributed by atoms with E-state index in [-0.39, 0.29) is 23.6 Å². The fourth-order valence-electron chi connectivity index (χ4n) is 2.61. The number of rotatable bonds is 3. The fourth-order valence-corrected chi connectivity index (χ4v) is 5.17. The summed E-state index contributed by atoms with van der Waals surface area (Å²) >= 11 is 0. The van der Waals surface area contributed by atoms with Crippen molar-refractivity contribution in [3.63, 3.8) is 0 Å². The molecule has 0 aromatic carbocycles. The van der Waals surface area contributed by atoms with Gasteiger partial charge in [-0.15, -0.1) is 0 Å². The van der Waals surface area contributed by atoms with Crippen LogP contribution in [0.25, 0.3) is 0 Å². The predicted molar refractivity (Wildman–Crippen MR) is 69.6 cm³/mol. The van der Waals surface area contributed by atoms with Gasteiger partial charge >= 0.3 is 0 Å². The van der Waals surface area contributed by atoms with E-state index >= 15 is 0 Å². The second kappa shape index (κ2) is 5.07. The summed E-state index contributed by atoms with van der Waals surface area (Å²) < 4.78 is 46.9. The van der Waals surface area contributed by atoms with Gasteiger partial charge in [-0.3, -0.25) is 0 Å². The van der Waals surface area contributed by atoms with E-state index in [1.165, 1.54) is 10.6 Å². The summed E-state index contributed by atoms with van der Waals surface area (Å²) in [7, 11) is -5.93. The Balaban J connectivity index is 1.81. The Bertz CT molecular complexity index is 492. The molecule has 0 saturated carbocycles. The molecule has 1 N–H and O–H groups in total. The van der Waals surface area contributed by atoms with Crippen LogP contribution in [0.5, 0.6) is 0 Å². The lowest BCUT2D eigenvalue weighted by atomic mass is 10.1. The summed E-state index contributed by atoms with van der Waals surface area (Å²) in [6.07, 6.45) is 3.41. The molecule has 2 aliphatic rings. The lowest BCUT2D eigenvalue weighted by Crippen LogP contribution is -2.47. The van der Waals surface area contributed by atoms with Crippen molar-refractivity contribution < 1.29 is 16.8 Å². The highest BCUT2D eigenvalue weighted by Gasteiger charge is 2.31. The molecule has 106 valence electrons. The van der Waals surface area contributed by atoms with Crippen LogP contribution in [0.15, 0.2) is 0 Å². The van der Waals surface area contributed by atoms with Crippen molar-refractivity contribution in [3.05, 3.63) is 0 Å². The van der Waals surface area contributed by atoms with Gasteiger partial charge in [0.05, 0.1) is 17.8 Å². The van der Waals surface area contributed by atoms with Crippen LogP contribution in [0, 0.1) is 0 Å². The van der Waals surface area contributed by atoms with Crippen LogP contribution in [0.1, 0.15) is 19.3 Å². The molecule has 2 heterocycles. The van der Waals surface area contributed by atoms with Gasteiger partial charge in [-0.2, -0.15) is 0 Å². The predicted octanol–water partition coefficient (Wildman–Crippen LogP) is -0.813. The van der Waals surface area contributed by atoms with E-state index in [1.807, 2.05) is 0 Å². The highest BCUT2D eigenvalue weighted by Crippen LogP contribution is 2.17. The molecule has 0 aliphatic carbocycles. The molecule has 6 nitrogen and oxygen atoms in total. The van der Waals surface area contributed by atoms with Gasteiger partial charge in [-0.05, 0) is 19.3 Å². The quantitative estimate of drug-likeness (QED) is 0.736. The molecule has 1 unspecified atom stereocenters. The zero-order valence-corrected chi connectivity index (χ0v) is 12.1. The normalized spacial score (nSPS) is 30.6. The van der Waals surface area contributed by atoms with Crippen LogP contribution in [-0.2, 0) is 19.9 Å². The number of hydrogen-bond acceptors (Lipinski definition) is 5. The van der Waals surface area contributed by atoms with Crippen LogP contribution in [0.4, 0.5) is 0 Å². The Morgan fingerprint density at radius 1 is 1.11 bits per heavy atom. The Morgan fingerprint density at radius 3 is 2.17 bits per heavy atom. The number of nitrogens with one attached hydrogen (secondary N) is 1. The number of sulfone groups is 1. The number of sulfonamides is 1. The average Bonchev–Trinajstić information content (AvgIpc) is 2.57. The van der Waals surface area contributed by atoms with Gasteiger partial charge in [0.2, 0.25) is 10.0 Å². The van der Waals surface area contributed by atoms with Crippen LogP contribution in [0.2, 0.25) is 0 Å². The summed E-state index contributed by atoms with van der Waals surface area (Å²) in [6, 6.07) is 0.283. The van der Waals surface area contributed by atoms with Crippen molar-refractivity contribution in [3.8, 4) is 0 Å². The van der Waals surface area contributed by atoms with E-state index < -0.39 is 19.9 Å². The molecule has 2 saturated heterocycles. The maximum Gasteiger partial charge on any atom is 0.211 e.